The molecule has 0 bridgehead atoms. The molecule has 18 heavy (non-hydrogen) atoms. The lowest BCUT2D eigenvalue weighted by Crippen LogP contribution is -2.31. The Balaban J connectivity index is 0.000000138. The summed E-state index contributed by atoms with van der Waals surface area (Å²) in [6.07, 6.45) is 4.40. The second-order valence-electron chi connectivity index (χ2n) is 4.91. The molecule has 0 unspecified atom stereocenters. The monoisotopic (exact) mass is 246 g/mol. The Morgan fingerprint density at radius 1 is 1.33 bits per heavy atom. The van der Waals surface area contributed by atoms with Gasteiger partial charge in [0.2, 0.25) is 0 Å². The van der Waals surface area contributed by atoms with Crippen molar-refractivity contribution in [2.75, 3.05) is 19.7 Å². The van der Waals surface area contributed by atoms with E-state index in [0.29, 0.717) is 12.5 Å². The molecule has 1 aliphatic rings. The molecule has 98 valence electrons. The van der Waals surface area contributed by atoms with Crippen LogP contribution in [-0.4, -0.2) is 29.8 Å². The van der Waals surface area contributed by atoms with Crippen LogP contribution in [0.5, 0.6) is 0 Å². The van der Waals surface area contributed by atoms with Crippen molar-refractivity contribution in [3.8, 4) is 0 Å². The Hall–Kier alpha value is -1.32. The molecule has 1 aliphatic heterocycles. The quantitative estimate of drug-likeness (QED) is 0.724. The van der Waals surface area contributed by atoms with Gasteiger partial charge in [0.15, 0.2) is 0 Å². The number of aryl methyl sites for hydroxylation is 1. The van der Waals surface area contributed by atoms with E-state index < -0.39 is 0 Å². The molecule has 0 saturated carbocycles. The van der Waals surface area contributed by atoms with Gasteiger partial charge >= 0.3 is 0 Å². The number of para-hydroxylation sites is 1. The minimum Gasteiger partial charge on any atom is -0.396 e. The van der Waals surface area contributed by atoms with Crippen molar-refractivity contribution >= 4 is 10.9 Å². The third-order valence-corrected chi connectivity index (χ3v) is 3.45. The van der Waals surface area contributed by atoms with Crippen molar-refractivity contribution in [2.24, 2.45) is 5.92 Å². The highest BCUT2D eigenvalue weighted by Crippen LogP contribution is 2.14. The van der Waals surface area contributed by atoms with Gasteiger partial charge in [0.1, 0.15) is 0 Å². The van der Waals surface area contributed by atoms with Crippen LogP contribution in [0, 0.1) is 12.8 Å². The number of aliphatic hydroxyl groups is 1. The van der Waals surface area contributed by atoms with Gasteiger partial charge in [-0.25, -0.2) is 0 Å². The van der Waals surface area contributed by atoms with Crippen LogP contribution in [0.1, 0.15) is 18.4 Å². The number of hydrogen-bond donors (Lipinski definition) is 3. The number of H-pyrrole nitrogens is 1. The predicted octanol–water partition coefficient (Wildman–Crippen LogP) is 2.45. The van der Waals surface area contributed by atoms with E-state index in [0.717, 1.165) is 13.1 Å². The maximum absolute atomic E-state index is 8.65. The molecule has 1 aromatic carbocycles. The zero-order chi connectivity index (χ0) is 12.8. The van der Waals surface area contributed by atoms with E-state index in [1.165, 1.54) is 29.3 Å². The molecule has 0 radical (unpaired) electrons. The fourth-order valence-corrected chi connectivity index (χ4v) is 2.32. The Morgan fingerprint density at radius 3 is 2.83 bits per heavy atom. The molecule has 3 heteroatoms. The van der Waals surface area contributed by atoms with Crippen molar-refractivity contribution in [1.29, 1.82) is 0 Å². The third kappa shape index (κ3) is 3.34. The summed E-state index contributed by atoms with van der Waals surface area (Å²) in [5.74, 6) is 0.531. The van der Waals surface area contributed by atoms with Crippen LogP contribution in [0.2, 0.25) is 0 Å². The number of aromatic amines is 1. The van der Waals surface area contributed by atoms with Gasteiger partial charge in [-0.1, -0.05) is 18.2 Å². The molecule has 2 heterocycles. The van der Waals surface area contributed by atoms with Crippen molar-refractivity contribution in [3.05, 3.63) is 36.0 Å². The number of aromatic nitrogens is 1. The average Bonchev–Trinajstić information content (AvgIpc) is 2.90. The van der Waals surface area contributed by atoms with E-state index in [2.05, 4.69) is 41.5 Å². The van der Waals surface area contributed by atoms with Gasteiger partial charge in [0.05, 0.1) is 0 Å². The minimum absolute atomic E-state index is 0.354. The molecule has 1 saturated heterocycles. The number of nitrogens with one attached hydrogen (secondary N) is 2. The number of fused-ring (bicyclic) bond motifs is 1. The van der Waals surface area contributed by atoms with Crippen LogP contribution in [0.3, 0.4) is 0 Å². The summed E-state index contributed by atoms with van der Waals surface area (Å²) in [6.45, 7) is 4.61. The van der Waals surface area contributed by atoms with E-state index in [9.17, 15) is 0 Å². The van der Waals surface area contributed by atoms with Crippen molar-refractivity contribution in [1.82, 2.24) is 10.3 Å². The first-order valence-corrected chi connectivity index (χ1v) is 6.65. The zero-order valence-corrected chi connectivity index (χ0v) is 10.9. The minimum atomic E-state index is 0.354. The molecule has 3 N–H and O–H groups in total. The van der Waals surface area contributed by atoms with Gasteiger partial charge in [-0.05, 0) is 49.2 Å². The van der Waals surface area contributed by atoms with Gasteiger partial charge in [-0.3, -0.25) is 0 Å². The number of piperidine rings is 1. The Labute approximate surface area is 108 Å². The van der Waals surface area contributed by atoms with Crippen molar-refractivity contribution < 1.29 is 5.11 Å². The Bertz CT molecular complexity index is 472. The average molecular weight is 246 g/mol. The summed E-state index contributed by atoms with van der Waals surface area (Å²) in [5, 5.41) is 13.2. The fourth-order valence-electron chi connectivity index (χ4n) is 2.32. The van der Waals surface area contributed by atoms with Crippen molar-refractivity contribution in [3.63, 3.8) is 0 Å². The van der Waals surface area contributed by atoms with E-state index in [1.54, 1.807) is 0 Å². The topological polar surface area (TPSA) is 48.0 Å². The van der Waals surface area contributed by atoms with Crippen LogP contribution < -0.4 is 5.32 Å². The van der Waals surface area contributed by atoms with Crippen LogP contribution in [-0.2, 0) is 0 Å². The van der Waals surface area contributed by atoms with Gasteiger partial charge < -0.3 is 15.4 Å². The highest BCUT2D eigenvalue weighted by molar-refractivity contribution is 5.82. The summed E-state index contributed by atoms with van der Waals surface area (Å²) in [6, 6.07) is 8.38. The summed E-state index contributed by atoms with van der Waals surface area (Å²) in [4.78, 5) is 3.19. The molecule has 0 spiro atoms. The highest BCUT2D eigenvalue weighted by atomic mass is 16.3. The second kappa shape index (κ2) is 6.57. The smallest absolute Gasteiger partial charge is 0.0483 e. The molecular weight excluding hydrogens is 224 g/mol. The summed E-state index contributed by atoms with van der Waals surface area (Å²) in [5.41, 5.74) is 2.56. The predicted molar refractivity (Wildman–Crippen MR) is 75.7 cm³/mol. The fraction of sp³-hybridized carbons (Fsp3) is 0.467. The van der Waals surface area contributed by atoms with Gasteiger partial charge in [-0.2, -0.15) is 0 Å². The molecule has 3 rings (SSSR count). The van der Waals surface area contributed by atoms with E-state index in [1.807, 2.05) is 6.20 Å². The standard InChI is InChI=1S/C9H9N.C6H13NO/c1-7-3-2-4-8-5-6-10-9(7)8;8-5-6-2-1-3-7-4-6/h2-6,10H,1H3;6-8H,1-5H2/t;6-/m.1/s1. The first-order valence-electron chi connectivity index (χ1n) is 6.65. The van der Waals surface area contributed by atoms with E-state index >= 15 is 0 Å². The second-order valence-corrected chi connectivity index (χ2v) is 4.91. The molecule has 0 aliphatic carbocycles. The van der Waals surface area contributed by atoms with Crippen LogP contribution >= 0.6 is 0 Å². The van der Waals surface area contributed by atoms with E-state index in [4.69, 9.17) is 5.11 Å². The summed E-state index contributed by atoms with van der Waals surface area (Å²) in [7, 11) is 0. The largest absolute Gasteiger partial charge is 0.396 e. The highest BCUT2D eigenvalue weighted by Gasteiger charge is 2.09. The van der Waals surface area contributed by atoms with Crippen LogP contribution in [0.15, 0.2) is 30.5 Å². The van der Waals surface area contributed by atoms with E-state index in [-0.39, 0.29) is 0 Å². The zero-order valence-electron chi connectivity index (χ0n) is 10.9. The number of rotatable bonds is 1. The Kier molecular flexibility index (Phi) is 4.79. The maximum atomic E-state index is 8.65. The molecule has 1 fully saturated rings. The molecule has 1 aromatic heterocycles. The molecule has 3 nitrogen and oxygen atoms in total. The van der Waals surface area contributed by atoms with Gasteiger partial charge in [0.25, 0.3) is 0 Å². The van der Waals surface area contributed by atoms with Crippen LogP contribution in [0.25, 0.3) is 10.9 Å². The molecule has 2 aromatic rings. The summed E-state index contributed by atoms with van der Waals surface area (Å²) >= 11 is 0. The number of benzene rings is 1. The molecular formula is C15H22N2O. The molecule has 0 amide bonds. The lowest BCUT2D eigenvalue weighted by molar-refractivity contribution is 0.199. The van der Waals surface area contributed by atoms with Gasteiger partial charge in [0, 0.05) is 24.9 Å². The number of hydrogen-bond acceptors (Lipinski definition) is 2. The first-order chi connectivity index (χ1) is 8.81. The lowest BCUT2D eigenvalue weighted by atomic mass is 10.0. The normalized spacial score (nSPS) is 19.3. The molecule has 1 atom stereocenters. The Morgan fingerprint density at radius 2 is 2.22 bits per heavy atom. The maximum Gasteiger partial charge on any atom is 0.0483 e. The first kappa shape index (κ1) is 13.1. The van der Waals surface area contributed by atoms with Gasteiger partial charge in [-0.15, -0.1) is 0 Å². The van der Waals surface area contributed by atoms with Crippen molar-refractivity contribution in [2.45, 2.75) is 19.8 Å². The third-order valence-electron chi connectivity index (χ3n) is 3.45. The summed E-state index contributed by atoms with van der Waals surface area (Å²) < 4.78 is 0. The SMILES string of the molecule is Cc1cccc2cc[nH]c12.OC[C@@H]1CCCNC1. The lowest BCUT2D eigenvalue weighted by Gasteiger charge is -2.19. The van der Waals surface area contributed by atoms with Crippen LogP contribution in [0.4, 0.5) is 0 Å². The number of aliphatic hydroxyl groups excluding tert-OH is 1.